The van der Waals surface area contributed by atoms with Crippen LogP contribution in [-0.2, 0) is 4.79 Å². The largest absolute Gasteiger partial charge is 0.370 e. The first-order chi connectivity index (χ1) is 8.97. The van der Waals surface area contributed by atoms with Gasteiger partial charge in [0.25, 0.3) is 0 Å². The van der Waals surface area contributed by atoms with Gasteiger partial charge in [-0.3, -0.25) is 4.79 Å². The Morgan fingerprint density at radius 2 is 1.84 bits per heavy atom. The van der Waals surface area contributed by atoms with E-state index in [4.69, 9.17) is 0 Å². The van der Waals surface area contributed by atoms with E-state index < -0.39 is 0 Å². The Balaban J connectivity index is 2.93. The number of likely N-dealkylation sites (N-methyl/N-ethyl adjacent to an activating group) is 1. The number of hydrogen-bond acceptors (Lipinski definition) is 5. The monoisotopic (exact) mass is 265 g/mol. The molecule has 1 aromatic heterocycles. The Morgan fingerprint density at radius 1 is 1.26 bits per heavy atom. The van der Waals surface area contributed by atoms with Crippen LogP contribution in [0.25, 0.3) is 0 Å². The number of hydrogen-bond donors (Lipinski definition) is 2. The molecule has 0 saturated heterocycles. The number of nitrogens with one attached hydrogen (secondary N) is 2. The van der Waals surface area contributed by atoms with Crippen molar-refractivity contribution in [3.05, 3.63) is 11.9 Å². The molecule has 0 aliphatic carbocycles. The van der Waals surface area contributed by atoms with Crippen molar-refractivity contribution in [2.24, 2.45) is 0 Å². The summed E-state index contributed by atoms with van der Waals surface area (Å²) in [6.45, 7) is 7.22. The van der Waals surface area contributed by atoms with Crippen molar-refractivity contribution < 1.29 is 4.79 Å². The highest BCUT2D eigenvalue weighted by Crippen LogP contribution is 2.27. The van der Waals surface area contributed by atoms with E-state index in [0.717, 1.165) is 23.7 Å². The molecule has 0 saturated carbocycles. The van der Waals surface area contributed by atoms with E-state index in [9.17, 15) is 4.79 Å². The van der Waals surface area contributed by atoms with Crippen LogP contribution in [0.5, 0.6) is 0 Å². The Kier molecular flexibility index (Phi) is 5.54. The minimum Gasteiger partial charge on any atom is -0.370 e. The number of aromatic nitrogens is 2. The van der Waals surface area contributed by atoms with E-state index in [1.54, 1.807) is 19.0 Å². The number of rotatable bonds is 6. The highest BCUT2D eigenvalue weighted by molar-refractivity contribution is 5.80. The van der Waals surface area contributed by atoms with Gasteiger partial charge >= 0.3 is 0 Å². The van der Waals surface area contributed by atoms with Gasteiger partial charge in [-0.1, -0.05) is 13.8 Å². The molecule has 0 atom stereocenters. The van der Waals surface area contributed by atoms with Crippen molar-refractivity contribution in [3.63, 3.8) is 0 Å². The highest BCUT2D eigenvalue weighted by atomic mass is 16.2. The van der Waals surface area contributed by atoms with Crippen LogP contribution in [0, 0.1) is 0 Å². The van der Waals surface area contributed by atoms with Crippen molar-refractivity contribution in [1.29, 1.82) is 0 Å². The van der Waals surface area contributed by atoms with E-state index in [0.29, 0.717) is 0 Å². The summed E-state index contributed by atoms with van der Waals surface area (Å²) >= 11 is 0. The van der Waals surface area contributed by atoms with Crippen LogP contribution in [0.4, 0.5) is 11.6 Å². The van der Waals surface area contributed by atoms with Crippen LogP contribution in [0.15, 0.2) is 6.33 Å². The third-order valence-electron chi connectivity index (χ3n) is 2.71. The Hall–Kier alpha value is -1.85. The van der Waals surface area contributed by atoms with Gasteiger partial charge in [0.2, 0.25) is 5.91 Å². The average molecular weight is 265 g/mol. The molecule has 0 fully saturated rings. The molecule has 1 heterocycles. The number of anilines is 2. The van der Waals surface area contributed by atoms with Crippen LogP contribution in [0.3, 0.4) is 0 Å². The molecule has 2 N–H and O–H groups in total. The van der Waals surface area contributed by atoms with Crippen LogP contribution < -0.4 is 10.6 Å². The fraction of sp³-hybridized carbons (Fsp3) is 0.615. The van der Waals surface area contributed by atoms with E-state index in [2.05, 4.69) is 34.4 Å². The number of nitrogens with zero attached hydrogens (tertiary/aromatic N) is 3. The molecule has 106 valence electrons. The molecule has 0 bridgehead atoms. The molecule has 0 radical (unpaired) electrons. The second-order valence-electron chi connectivity index (χ2n) is 4.81. The van der Waals surface area contributed by atoms with Gasteiger partial charge in [-0.15, -0.1) is 0 Å². The lowest BCUT2D eigenvalue weighted by molar-refractivity contribution is -0.126. The first-order valence-electron chi connectivity index (χ1n) is 6.50. The van der Waals surface area contributed by atoms with Gasteiger partial charge < -0.3 is 15.5 Å². The molecule has 6 heteroatoms. The molecule has 1 rings (SSSR count). The summed E-state index contributed by atoms with van der Waals surface area (Å²) in [4.78, 5) is 21.7. The summed E-state index contributed by atoms with van der Waals surface area (Å²) < 4.78 is 0. The molecule has 0 unspecified atom stereocenters. The van der Waals surface area contributed by atoms with E-state index in [-0.39, 0.29) is 18.4 Å². The Morgan fingerprint density at radius 3 is 2.32 bits per heavy atom. The van der Waals surface area contributed by atoms with Gasteiger partial charge in [-0.2, -0.15) is 0 Å². The maximum Gasteiger partial charge on any atom is 0.241 e. The minimum atomic E-state index is 0.0123. The summed E-state index contributed by atoms with van der Waals surface area (Å²) in [5.41, 5.74) is 1.01. The van der Waals surface area contributed by atoms with E-state index in [1.807, 2.05) is 6.92 Å². The molecule has 0 spiro atoms. The molecule has 1 aromatic rings. The number of carbonyl (C=O) groups is 1. The molecular weight excluding hydrogens is 242 g/mol. The van der Waals surface area contributed by atoms with Crippen molar-refractivity contribution in [3.8, 4) is 0 Å². The van der Waals surface area contributed by atoms with E-state index in [1.165, 1.54) is 6.33 Å². The maximum atomic E-state index is 11.6. The second kappa shape index (κ2) is 6.92. The first kappa shape index (κ1) is 15.2. The molecule has 1 amide bonds. The molecule has 0 aromatic carbocycles. The maximum absolute atomic E-state index is 11.6. The Labute approximate surface area is 114 Å². The predicted octanol–water partition coefficient (Wildman–Crippen LogP) is 1.53. The smallest absolute Gasteiger partial charge is 0.241 e. The van der Waals surface area contributed by atoms with Gasteiger partial charge in [0.15, 0.2) is 0 Å². The molecule has 0 aliphatic heterocycles. The standard InChI is InChI=1S/C13H23N5O/c1-6-14-12-11(9(2)3)13(17-8-16-12)15-7-10(19)18(4)5/h8-9H,6-7H2,1-5H3,(H2,14,15,16,17). The third-order valence-corrected chi connectivity index (χ3v) is 2.71. The normalized spacial score (nSPS) is 10.4. The summed E-state index contributed by atoms with van der Waals surface area (Å²) in [5, 5.41) is 6.31. The molecular formula is C13H23N5O. The lowest BCUT2D eigenvalue weighted by Gasteiger charge is -2.18. The van der Waals surface area contributed by atoms with Crippen LogP contribution >= 0.6 is 0 Å². The molecule has 6 nitrogen and oxygen atoms in total. The van der Waals surface area contributed by atoms with Gasteiger partial charge in [0.1, 0.15) is 18.0 Å². The third kappa shape index (κ3) is 4.08. The quantitative estimate of drug-likeness (QED) is 0.816. The van der Waals surface area contributed by atoms with Crippen LogP contribution in [0.1, 0.15) is 32.3 Å². The molecule has 0 aliphatic rings. The van der Waals surface area contributed by atoms with Gasteiger partial charge in [-0.05, 0) is 12.8 Å². The van der Waals surface area contributed by atoms with Crippen molar-refractivity contribution in [2.75, 3.05) is 37.8 Å². The van der Waals surface area contributed by atoms with E-state index >= 15 is 0 Å². The summed E-state index contributed by atoms with van der Waals surface area (Å²) in [5.74, 6) is 1.83. The van der Waals surface area contributed by atoms with Crippen molar-refractivity contribution >= 4 is 17.5 Å². The highest BCUT2D eigenvalue weighted by Gasteiger charge is 2.15. The zero-order valence-corrected chi connectivity index (χ0v) is 12.3. The van der Waals surface area contributed by atoms with Crippen LogP contribution in [0.2, 0.25) is 0 Å². The fourth-order valence-corrected chi connectivity index (χ4v) is 1.71. The zero-order valence-electron chi connectivity index (χ0n) is 12.3. The number of amides is 1. The van der Waals surface area contributed by atoms with Crippen molar-refractivity contribution in [2.45, 2.75) is 26.7 Å². The average Bonchev–Trinajstić information content (AvgIpc) is 2.35. The summed E-state index contributed by atoms with van der Waals surface area (Å²) in [6.07, 6.45) is 1.51. The fourth-order valence-electron chi connectivity index (χ4n) is 1.71. The lowest BCUT2D eigenvalue weighted by Crippen LogP contribution is -2.29. The summed E-state index contributed by atoms with van der Waals surface area (Å²) in [6, 6.07) is 0. The Bertz CT molecular complexity index is 431. The number of carbonyl (C=O) groups excluding carboxylic acids is 1. The molecule has 19 heavy (non-hydrogen) atoms. The zero-order chi connectivity index (χ0) is 14.4. The first-order valence-corrected chi connectivity index (χ1v) is 6.50. The topological polar surface area (TPSA) is 70.1 Å². The van der Waals surface area contributed by atoms with Gasteiger partial charge in [-0.25, -0.2) is 9.97 Å². The SMILES string of the molecule is CCNc1ncnc(NCC(=O)N(C)C)c1C(C)C. The minimum absolute atomic E-state index is 0.0123. The lowest BCUT2D eigenvalue weighted by atomic mass is 10.0. The van der Waals surface area contributed by atoms with Gasteiger partial charge in [0.05, 0.1) is 6.54 Å². The van der Waals surface area contributed by atoms with Crippen LogP contribution in [-0.4, -0.2) is 48.0 Å². The summed E-state index contributed by atoms with van der Waals surface area (Å²) in [7, 11) is 3.47. The van der Waals surface area contributed by atoms with Gasteiger partial charge in [0, 0.05) is 26.2 Å². The van der Waals surface area contributed by atoms with Crippen molar-refractivity contribution in [1.82, 2.24) is 14.9 Å². The predicted molar refractivity (Wildman–Crippen MR) is 77.5 cm³/mol. The second-order valence-corrected chi connectivity index (χ2v) is 4.81.